The zero-order chi connectivity index (χ0) is 26.5. The van der Waals surface area contributed by atoms with E-state index in [2.05, 4.69) is 52.1 Å². The lowest BCUT2D eigenvalue weighted by Crippen LogP contribution is -2.47. The summed E-state index contributed by atoms with van der Waals surface area (Å²) in [5.41, 5.74) is 6.11. The molecule has 2 aromatic carbocycles. The number of nitrogens with one attached hydrogen (secondary N) is 1. The predicted molar refractivity (Wildman–Crippen MR) is 148 cm³/mol. The van der Waals surface area contributed by atoms with Crippen LogP contribution < -0.4 is 19.7 Å². The van der Waals surface area contributed by atoms with Crippen LogP contribution in [0.4, 0.5) is 5.69 Å². The number of methoxy groups -OCH3 is 2. The summed E-state index contributed by atoms with van der Waals surface area (Å²) in [7, 11) is 3.24. The van der Waals surface area contributed by atoms with Crippen molar-refractivity contribution in [1.82, 2.24) is 19.8 Å². The molecule has 1 aliphatic heterocycles. The second-order valence-corrected chi connectivity index (χ2v) is 9.62. The lowest BCUT2D eigenvalue weighted by molar-refractivity contribution is 0.0946. The average molecular weight is 506 g/mol. The molecule has 8 nitrogen and oxygen atoms in total. The minimum Gasteiger partial charge on any atom is -0.497 e. The second kappa shape index (κ2) is 11.7. The first-order valence-electron chi connectivity index (χ1n) is 12.9. The number of aromatic nitrogens is 2. The third-order valence-corrected chi connectivity index (χ3v) is 7.34. The first-order chi connectivity index (χ1) is 17.8. The Morgan fingerprint density at radius 1 is 0.973 bits per heavy atom. The van der Waals surface area contributed by atoms with Gasteiger partial charge in [-0.1, -0.05) is 12.1 Å². The monoisotopic (exact) mass is 505 g/mol. The molecule has 1 fully saturated rings. The highest BCUT2D eigenvalue weighted by atomic mass is 16.5. The predicted octanol–water partition coefficient (Wildman–Crippen LogP) is 4.07. The van der Waals surface area contributed by atoms with Crippen molar-refractivity contribution in [2.45, 2.75) is 34.1 Å². The number of hydrogen-bond donors (Lipinski definition) is 1. The molecule has 0 bridgehead atoms. The molecule has 4 rings (SSSR count). The van der Waals surface area contributed by atoms with Gasteiger partial charge in [0.05, 0.1) is 25.6 Å². The van der Waals surface area contributed by atoms with Crippen molar-refractivity contribution in [3.05, 3.63) is 64.7 Å². The van der Waals surface area contributed by atoms with Gasteiger partial charge in [0.15, 0.2) is 0 Å². The SMILES string of the molecule is COc1ccc(-n2c(C)nc(C(=O)NCCCN3CCN(c4cccc(C)c4C)CC3)c2C)c(OC)c1. The number of rotatable bonds is 9. The van der Waals surface area contributed by atoms with Crippen LogP contribution in [-0.4, -0.2) is 73.8 Å². The van der Waals surface area contributed by atoms with Gasteiger partial charge in [0.2, 0.25) is 0 Å². The number of anilines is 1. The average Bonchev–Trinajstić information content (AvgIpc) is 3.21. The molecule has 37 heavy (non-hydrogen) atoms. The molecule has 3 aromatic rings. The number of piperazine rings is 1. The van der Waals surface area contributed by atoms with E-state index in [4.69, 9.17) is 9.47 Å². The minimum atomic E-state index is -0.147. The third kappa shape index (κ3) is 5.74. The minimum absolute atomic E-state index is 0.147. The van der Waals surface area contributed by atoms with E-state index < -0.39 is 0 Å². The van der Waals surface area contributed by atoms with Gasteiger partial charge in [0.1, 0.15) is 23.0 Å². The number of hydrogen-bond acceptors (Lipinski definition) is 6. The smallest absolute Gasteiger partial charge is 0.271 e. The van der Waals surface area contributed by atoms with Crippen molar-refractivity contribution in [2.75, 3.05) is 58.4 Å². The van der Waals surface area contributed by atoms with Gasteiger partial charge in [-0.25, -0.2) is 4.98 Å². The number of carbonyl (C=O) groups excluding carboxylic acids is 1. The van der Waals surface area contributed by atoms with Crippen LogP contribution in [0.25, 0.3) is 5.69 Å². The maximum Gasteiger partial charge on any atom is 0.271 e. The Labute approximate surface area is 220 Å². The first kappa shape index (κ1) is 26.5. The summed E-state index contributed by atoms with van der Waals surface area (Å²) >= 11 is 0. The highest BCUT2D eigenvalue weighted by molar-refractivity contribution is 5.93. The van der Waals surface area contributed by atoms with Gasteiger partial charge in [-0.2, -0.15) is 0 Å². The van der Waals surface area contributed by atoms with E-state index in [-0.39, 0.29) is 5.91 Å². The molecule has 1 aliphatic rings. The maximum atomic E-state index is 13.0. The fraction of sp³-hybridized carbons (Fsp3) is 0.448. The molecule has 0 unspecified atom stereocenters. The van der Waals surface area contributed by atoms with E-state index in [1.165, 1.54) is 16.8 Å². The van der Waals surface area contributed by atoms with Gasteiger partial charge in [-0.3, -0.25) is 14.3 Å². The van der Waals surface area contributed by atoms with E-state index >= 15 is 0 Å². The summed E-state index contributed by atoms with van der Waals surface area (Å²) in [4.78, 5) is 22.5. The Bertz CT molecular complexity index is 1240. The molecule has 0 spiro atoms. The number of nitrogens with zero attached hydrogens (tertiary/aromatic N) is 4. The molecular weight excluding hydrogens is 466 g/mol. The van der Waals surface area contributed by atoms with Crippen LogP contribution in [0.15, 0.2) is 36.4 Å². The highest BCUT2D eigenvalue weighted by Crippen LogP contribution is 2.30. The number of imidazole rings is 1. The normalized spacial score (nSPS) is 14.1. The van der Waals surface area contributed by atoms with Gasteiger partial charge in [-0.15, -0.1) is 0 Å². The van der Waals surface area contributed by atoms with Crippen LogP contribution >= 0.6 is 0 Å². The second-order valence-electron chi connectivity index (χ2n) is 9.62. The molecule has 1 aromatic heterocycles. The molecule has 0 saturated carbocycles. The molecule has 198 valence electrons. The standard InChI is InChI=1S/C29H39N5O3/c1-20-9-7-10-25(21(20)2)33-17-15-32(16-18-33)14-8-13-30-29(35)28-22(3)34(23(4)31-28)26-12-11-24(36-5)19-27(26)37-6/h7,9-12,19H,8,13-18H2,1-6H3,(H,30,35). The zero-order valence-corrected chi connectivity index (χ0v) is 22.9. The molecular formula is C29H39N5O3. The summed E-state index contributed by atoms with van der Waals surface area (Å²) in [6, 6.07) is 12.2. The maximum absolute atomic E-state index is 13.0. The van der Waals surface area contributed by atoms with Crippen LogP contribution in [0.3, 0.4) is 0 Å². The van der Waals surface area contributed by atoms with E-state index in [9.17, 15) is 4.79 Å². The third-order valence-electron chi connectivity index (χ3n) is 7.34. The Morgan fingerprint density at radius 2 is 1.73 bits per heavy atom. The first-order valence-corrected chi connectivity index (χ1v) is 12.9. The highest BCUT2D eigenvalue weighted by Gasteiger charge is 2.21. The fourth-order valence-corrected chi connectivity index (χ4v) is 5.06. The molecule has 0 radical (unpaired) electrons. The van der Waals surface area contributed by atoms with Crippen LogP contribution in [0.2, 0.25) is 0 Å². The van der Waals surface area contributed by atoms with Crippen molar-refractivity contribution in [3.63, 3.8) is 0 Å². The van der Waals surface area contributed by atoms with Crippen molar-refractivity contribution in [2.24, 2.45) is 0 Å². The van der Waals surface area contributed by atoms with Crippen LogP contribution in [0.5, 0.6) is 11.5 Å². The molecule has 0 atom stereocenters. The summed E-state index contributed by atoms with van der Waals surface area (Å²) in [5.74, 6) is 1.95. The van der Waals surface area contributed by atoms with E-state index in [0.29, 0.717) is 23.7 Å². The molecule has 2 heterocycles. The van der Waals surface area contributed by atoms with E-state index in [0.717, 1.165) is 56.4 Å². The van der Waals surface area contributed by atoms with Crippen molar-refractivity contribution in [3.8, 4) is 17.2 Å². The summed E-state index contributed by atoms with van der Waals surface area (Å²) in [5, 5.41) is 3.06. The quantitative estimate of drug-likeness (QED) is 0.442. The molecule has 1 amide bonds. The number of aryl methyl sites for hydroxylation is 2. The van der Waals surface area contributed by atoms with Crippen molar-refractivity contribution >= 4 is 11.6 Å². The fourth-order valence-electron chi connectivity index (χ4n) is 5.06. The molecule has 8 heteroatoms. The number of carbonyl (C=O) groups is 1. The summed E-state index contributed by atoms with van der Waals surface area (Å²) < 4.78 is 12.8. The number of benzene rings is 2. The van der Waals surface area contributed by atoms with Gasteiger partial charge < -0.3 is 19.7 Å². The summed E-state index contributed by atoms with van der Waals surface area (Å²) in [6.07, 6.45) is 0.903. The van der Waals surface area contributed by atoms with Crippen LogP contribution in [0.1, 0.15) is 39.6 Å². The Kier molecular flexibility index (Phi) is 8.38. The number of ether oxygens (including phenoxy) is 2. The van der Waals surface area contributed by atoms with E-state index in [1.54, 1.807) is 14.2 Å². The number of amides is 1. The van der Waals surface area contributed by atoms with Crippen LogP contribution in [-0.2, 0) is 0 Å². The Morgan fingerprint density at radius 3 is 2.43 bits per heavy atom. The van der Waals surface area contributed by atoms with Crippen molar-refractivity contribution in [1.29, 1.82) is 0 Å². The lowest BCUT2D eigenvalue weighted by Gasteiger charge is -2.37. The van der Waals surface area contributed by atoms with Gasteiger partial charge in [0, 0.05) is 44.5 Å². The Balaban J connectivity index is 1.29. The largest absolute Gasteiger partial charge is 0.497 e. The van der Waals surface area contributed by atoms with Gasteiger partial charge in [-0.05, 0) is 70.0 Å². The van der Waals surface area contributed by atoms with E-state index in [1.807, 2.05) is 36.6 Å². The van der Waals surface area contributed by atoms with Gasteiger partial charge in [0.25, 0.3) is 5.91 Å². The summed E-state index contributed by atoms with van der Waals surface area (Å²) in [6.45, 7) is 13.9. The topological polar surface area (TPSA) is 71.9 Å². The van der Waals surface area contributed by atoms with Gasteiger partial charge >= 0.3 is 0 Å². The van der Waals surface area contributed by atoms with Crippen LogP contribution in [0, 0.1) is 27.7 Å². The molecule has 1 N–H and O–H groups in total. The van der Waals surface area contributed by atoms with Crippen molar-refractivity contribution < 1.29 is 14.3 Å². The zero-order valence-electron chi connectivity index (χ0n) is 22.9. The Hall–Kier alpha value is -3.52. The molecule has 1 saturated heterocycles. The lowest BCUT2D eigenvalue weighted by atomic mass is 10.1. The molecule has 0 aliphatic carbocycles.